The van der Waals surface area contributed by atoms with E-state index in [-0.39, 0.29) is 0 Å². The summed E-state index contributed by atoms with van der Waals surface area (Å²) in [7, 11) is 1.75. The second-order valence-corrected chi connectivity index (χ2v) is 4.09. The van der Waals surface area contributed by atoms with Gasteiger partial charge in [-0.05, 0) is 36.9 Å². The molecule has 15 heavy (non-hydrogen) atoms. The highest BCUT2D eigenvalue weighted by Gasteiger charge is 2.20. The Balaban J connectivity index is 1.85. The molecule has 0 aromatic heterocycles. The van der Waals surface area contributed by atoms with E-state index in [4.69, 9.17) is 4.74 Å². The lowest BCUT2D eigenvalue weighted by molar-refractivity contribution is 0.193. The quantitative estimate of drug-likeness (QED) is 0.745. The van der Waals surface area contributed by atoms with Gasteiger partial charge in [0.05, 0.1) is 0 Å². The van der Waals surface area contributed by atoms with Crippen LogP contribution in [0.25, 0.3) is 0 Å². The van der Waals surface area contributed by atoms with Crippen LogP contribution in [0.1, 0.15) is 30.0 Å². The highest BCUT2D eigenvalue weighted by Crippen LogP contribution is 2.30. The van der Waals surface area contributed by atoms with Crippen LogP contribution in [0.3, 0.4) is 0 Å². The molecule has 0 heterocycles. The first-order valence-corrected chi connectivity index (χ1v) is 5.72. The number of aryl methyl sites for hydroxylation is 1. The number of fused-ring (bicyclic) bond motifs is 1. The van der Waals surface area contributed by atoms with Gasteiger partial charge in [0, 0.05) is 19.8 Å². The van der Waals surface area contributed by atoms with Crippen molar-refractivity contribution in [1.82, 2.24) is 5.32 Å². The highest BCUT2D eigenvalue weighted by molar-refractivity contribution is 5.34. The Kier molecular flexibility index (Phi) is 3.75. The van der Waals surface area contributed by atoms with Crippen LogP contribution in [0.2, 0.25) is 0 Å². The van der Waals surface area contributed by atoms with E-state index in [9.17, 15) is 0 Å². The minimum Gasteiger partial charge on any atom is -0.385 e. The largest absolute Gasteiger partial charge is 0.385 e. The molecule has 0 saturated heterocycles. The summed E-state index contributed by atoms with van der Waals surface area (Å²) in [6.07, 6.45) is 3.56. The van der Waals surface area contributed by atoms with Crippen molar-refractivity contribution in [2.45, 2.75) is 25.3 Å². The van der Waals surface area contributed by atoms with Crippen molar-refractivity contribution < 1.29 is 4.74 Å². The molecule has 1 aromatic rings. The zero-order chi connectivity index (χ0) is 10.5. The summed E-state index contributed by atoms with van der Waals surface area (Å²) in [5.74, 6) is 0. The smallest absolute Gasteiger partial charge is 0.0474 e. The molecule has 1 aliphatic carbocycles. The summed E-state index contributed by atoms with van der Waals surface area (Å²) < 4.78 is 5.04. The third kappa shape index (κ3) is 2.58. The van der Waals surface area contributed by atoms with E-state index in [0.717, 1.165) is 19.6 Å². The first-order chi connectivity index (χ1) is 7.42. The van der Waals surface area contributed by atoms with Gasteiger partial charge in [-0.2, -0.15) is 0 Å². The fourth-order valence-corrected chi connectivity index (χ4v) is 2.26. The van der Waals surface area contributed by atoms with E-state index < -0.39 is 0 Å². The molecule has 82 valence electrons. The second-order valence-electron chi connectivity index (χ2n) is 4.09. The van der Waals surface area contributed by atoms with Crippen LogP contribution in [0.4, 0.5) is 0 Å². The van der Waals surface area contributed by atoms with Crippen LogP contribution in [0.5, 0.6) is 0 Å². The Morgan fingerprint density at radius 2 is 2.27 bits per heavy atom. The molecule has 0 saturated carbocycles. The predicted molar refractivity (Wildman–Crippen MR) is 62.0 cm³/mol. The number of hydrogen-bond acceptors (Lipinski definition) is 2. The Bertz CT molecular complexity index is 311. The second kappa shape index (κ2) is 5.29. The van der Waals surface area contributed by atoms with Crippen molar-refractivity contribution in [2.24, 2.45) is 0 Å². The molecular weight excluding hydrogens is 186 g/mol. The molecule has 1 aromatic carbocycles. The molecule has 0 radical (unpaired) electrons. The van der Waals surface area contributed by atoms with Gasteiger partial charge in [-0.3, -0.25) is 0 Å². The minimum absolute atomic E-state index is 0.568. The standard InChI is InChI=1S/C13H19NO/c1-15-10-4-9-14-13-8-7-11-5-2-3-6-12(11)13/h2-3,5-6,13-14H,4,7-10H2,1H3/t13-/m1/s1. The van der Waals surface area contributed by atoms with Gasteiger partial charge in [-0.25, -0.2) is 0 Å². The van der Waals surface area contributed by atoms with Crippen LogP contribution in [-0.4, -0.2) is 20.3 Å². The number of rotatable bonds is 5. The van der Waals surface area contributed by atoms with Crippen LogP contribution in [0.15, 0.2) is 24.3 Å². The van der Waals surface area contributed by atoms with Gasteiger partial charge < -0.3 is 10.1 Å². The molecule has 1 N–H and O–H groups in total. The molecule has 0 amide bonds. The predicted octanol–water partition coefficient (Wildman–Crippen LogP) is 2.30. The molecule has 2 nitrogen and oxygen atoms in total. The SMILES string of the molecule is COCCCN[C@@H]1CCc2ccccc21. The molecule has 0 spiro atoms. The van der Waals surface area contributed by atoms with Crippen LogP contribution < -0.4 is 5.32 Å². The number of ether oxygens (including phenoxy) is 1. The topological polar surface area (TPSA) is 21.3 Å². The summed E-state index contributed by atoms with van der Waals surface area (Å²) in [4.78, 5) is 0. The Labute approximate surface area is 91.6 Å². The van der Waals surface area contributed by atoms with Crippen molar-refractivity contribution in [1.29, 1.82) is 0 Å². The molecular formula is C13H19NO. The lowest BCUT2D eigenvalue weighted by Crippen LogP contribution is -2.21. The fourth-order valence-electron chi connectivity index (χ4n) is 2.26. The number of hydrogen-bond donors (Lipinski definition) is 1. The summed E-state index contributed by atoms with van der Waals surface area (Å²) in [5, 5.41) is 3.59. The van der Waals surface area contributed by atoms with Gasteiger partial charge in [-0.15, -0.1) is 0 Å². The van der Waals surface area contributed by atoms with Gasteiger partial charge in [0.2, 0.25) is 0 Å². The van der Waals surface area contributed by atoms with Crippen LogP contribution >= 0.6 is 0 Å². The zero-order valence-corrected chi connectivity index (χ0v) is 9.33. The average molecular weight is 205 g/mol. The Hall–Kier alpha value is -0.860. The van der Waals surface area contributed by atoms with Crippen molar-refractivity contribution in [2.75, 3.05) is 20.3 Å². The summed E-state index contributed by atoms with van der Waals surface area (Å²) in [6.45, 7) is 1.90. The van der Waals surface area contributed by atoms with E-state index >= 15 is 0 Å². The molecule has 1 aliphatic rings. The van der Waals surface area contributed by atoms with Gasteiger partial charge >= 0.3 is 0 Å². The summed E-state index contributed by atoms with van der Waals surface area (Å²) in [6, 6.07) is 9.32. The van der Waals surface area contributed by atoms with E-state index in [1.54, 1.807) is 7.11 Å². The number of benzene rings is 1. The molecule has 0 aliphatic heterocycles. The van der Waals surface area contributed by atoms with Crippen LogP contribution in [0, 0.1) is 0 Å². The Morgan fingerprint density at radius 3 is 3.13 bits per heavy atom. The molecule has 0 fully saturated rings. The summed E-state index contributed by atoms with van der Waals surface area (Å²) in [5.41, 5.74) is 3.01. The molecule has 0 unspecified atom stereocenters. The van der Waals surface area contributed by atoms with Crippen molar-refractivity contribution in [3.63, 3.8) is 0 Å². The average Bonchev–Trinajstić information content (AvgIpc) is 2.68. The third-order valence-corrected chi connectivity index (χ3v) is 3.05. The third-order valence-electron chi connectivity index (χ3n) is 3.05. The monoisotopic (exact) mass is 205 g/mol. The van der Waals surface area contributed by atoms with Crippen molar-refractivity contribution >= 4 is 0 Å². The van der Waals surface area contributed by atoms with Gasteiger partial charge in [0.15, 0.2) is 0 Å². The highest BCUT2D eigenvalue weighted by atomic mass is 16.5. The Morgan fingerprint density at radius 1 is 1.40 bits per heavy atom. The maximum atomic E-state index is 5.04. The van der Waals surface area contributed by atoms with Crippen molar-refractivity contribution in [3.8, 4) is 0 Å². The van der Waals surface area contributed by atoms with E-state index in [1.165, 1.54) is 24.0 Å². The van der Waals surface area contributed by atoms with Crippen LogP contribution in [-0.2, 0) is 11.2 Å². The van der Waals surface area contributed by atoms with Crippen molar-refractivity contribution in [3.05, 3.63) is 35.4 Å². The number of nitrogens with one attached hydrogen (secondary N) is 1. The molecule has 1 atom stereocenters. The van der Waals surface area contributed by atoms with Gasteiger partial charge in [-0.1, -0.05) is 24.3 Å². The summed E-state index contributed by atoms with van der Waals surface area (Å²) >= 11 is 0. The maximum Gasteiger partial charge on any atom is 0.0474 e. The minimum atomic E-state index is 0.568. The molecule has 0 bridgehead atoms. The molecule has 2 rings (SSSR count). The fraction of sp³-hybridized carbons (Fsp3) is 0.538. The first-order valence-electron chi connectivity index (χ1n) is 5.72. The number of methoxy groups -OCH3 is 1. The van der Waals surface area contributed by atoms with E-state index in [1.807, 2.05) is 0 Å². The lowest BCUT2D eigenvalue weighted by atomic mass is 10.1. The van der Waals surface area contributed by atoms with E-state index in [0.29, 0.717) is 6.04 Å². The van der Waals surface area contributed by atoms with Gasteiger partial charge in [0.25, 0.3) is 0 Å². The van der Waals surface area contributed by atoms with E-state index in [2.05, 4.69) is 29.6 Å². The maximum absolute atomic E-state index is 5.04. The normalized spacial score (nSPS) is 19.1. The lowest BCUT2D eigenvalue weighted by Gasteiger charge is -2.13. The first kappa shape index (κ1) is 10.7. The van der Waals surface area contributed by atoms with Gasteiger partial charge in [0.1, 0.15) is 0 Å². The zero-order valence-electron chi connectivity index (χ0n) is 9.33. The molecule has 2 heteroatoms.